The molecule has 0 spiro atoms. The quantitative estimate of drug-likeness (QED) is 0.530. The third-order valence-corrected chi connectivity index (χ3v) is 3.23. The van der Waals surface area contributed by atoms with Crippen molar-refractivity contribution < 1.29 is 18.1 Å². The zero-order valence-electron chi connectivity index (χ0n) is 9.63. The zero-order chi connectivity index (χ0) is 12.9. The summed E-state index contributed by atoms with van der Waals surface area (Å²) >= 11 is 0. The summed E-state index contributed by atoms with van der Waals surface area (Å²) in [7, 11) is -3.87. The molecule has 0 heterocycles. The van der Waals surface area contributed by atoms with Crippen LogP contribution in [0.15, 0.2) is 24.3 Å². The number of hydrogen-bond acceptors (Lipinski definition) is 4. The maximum Gasteiger partial charge on any atom is 0.264 e. The van der Waals surface area contributed by atoms with Gasteiger partial charge in [0.2, 0.25) is 0 Å². The van der Waals surface area contributed by atoms with E-state index in [1.807, 2.05) is 6.92 Å². The maximum absolute atomic E-state index is 10.5. The van der Waals surface area contributed by atoms with Crippen LogP contribution in [0.5, 0.6) is 5.75 Å². The Labute approximate surface area is 101 Å². The fourth-order valence-electron chi connectivity index (χ4n) is 1.45. The molecule has 0 unspecified atom stereocenters. The zero-order valence-corrected chi connectivity index (χ0v) is 10.4. The van der Waals surface area contributed by atoms with Crippen LogP contribution in [-0.4, -0.2) is 30.4 Å². The summed E-state index contributed by atoms with van der Waals surface area (Å²) in [5.41, 5.74) is 1.01. The van der Waals surface area contributed by atoms with Crippen LogP contribution < -0.4 is 5.32 Å². The highest BCUT2D eigenvalue weighted by Gasteiger charge is 2.06. The molecule has 6 heteroatoms. The van der Waals surface area contributed by atoms with Gasteiger partial charge in [-0.2, -0.15) is 8.42 Å². The lowest BCUT2D eigenvalue weighted by molar-refractivity contribution is 0.472. The van der Waals surface area contributed by atoms with E-state index in [-0.39, 0.29) is 17.5 Å². The van der Waals surface area contributed by atoms with Crippen LogP contribution in [0.3, 0.4) is 0 Å². The minimum Gasteiger partial charge on any atom is -0.508 e. The van der Waals surface area contributed by atoms with Gasteiger partial charge in [-0.3, -0.25) is 4.55 Å². The van der Waals surface area contributed by atoms with Crippen molar-refractivity contribution in [3.63, 3.8) is 0 Å². The number of rotatable bonds is 6. The third-order valence-electron chi connectivity index (χ3n) is 2.42. The molecular weight excluding hydrogens is 242 g/mol. The Balaban J connectivity index is 2.35. The molecule has 0 fully saturated rings. The molecular formula is C11H17NO4S. The third kappa shape index (κ3) is 5.67. The van der Waals surface area contributed by atoms with Gasteiger partial charge in [-0.05, 0) is 37.6 Å². The Bertz CT molecular complexity index is 441. The Kier molecular flexibility index (Phi) is 4.92. The monoisotopic (exact) mass is 259 g/mol. The van der Waals surface area contributed by atoms with E-state index in [0.29, 0.717) is 13.0 Å². The number of nitrogens with one attached hydrogen (secondary N) is 1. The van der Waals surface area contributed by atoms with Crippen molar-refractivity contribution in [2.75, 3.05) is 12.3 Å². The number of hydrogen-bond donors (Lipinski definition) is 3. The fraction of sp³-hybridized carbons (Fsp3) is 0.455. The van der Waals surface area contributed by atoms with E-state index in [9.17, 15) is 8.42 Å². The average molecular weight is 259 g/mol. The van der Waals surface area contributed by atoms with Gasteiger partial charge in [-0.1, -0.05) is 12.1 Å². The molecule has 0 aliphatic carbocycles. The Morgan fingerprint density at radius 2 is 1.88 bits per heavy atom. The summed E-state index contributed by atoms with van der Waals surface area (Å²) in [4.78, 5) is 0. The van der Waals surface area contributed by atoms with Crippen LogP contribution in [0.1, 0.15) is 24.9 Å². The lowest BCUT2D eigenvalue weighted by atomic mass is 10.1. The maximum atomic E-state index is 10.5. The highest BCUT2D eigenvalue weighted by atomic mass is 32.2. The van der Waals surface area contributed by atoms with Crippen LogP contribution in [0.2, 0.25) is 0 Å². The summed E-state index contributed by atoms with van der Waals surface area (Å²) in [6.45, 7) is 2.45. The average Bonchev–Trinajstić information content (AvgIpc) is 2.24. The lowest BCUT2D eigenvalue weighted by Gasteiger charge is -2.13. The van der Waals surface area contributed by atoms with Crippen LogP contribution in [0.25, 0.3) is 0 Å². The molecule has 0 saturated heterocycles. The van der Waals surface area contributed by atoms with Gasteiger partial charge in [0.05, 0.1) is 5.75 Å². The molecule has 17 heavy (non-hydrogen) atoms. The van der Waals surface area contributed by atoms with Gasteiger partial charge < -0.3 is 10.4 Å². The molecule has 1 aromatic rings. The largest absolute Gasteiger partial charge is 0.508 e. The second kappa shape index (κ2) is 6.00. The molecule has 1 atom stereocenters. The van der Waals surface area contributed by atoms with E-state index in [1.54, 1.807) is 24.3 Å². The Hall–Kier alpha value is -1.11. The summed E-state index contributed by atoms with van der Waals surface area (Å²) < 4.78 is 29.5. The highest BCUT2D eigenvalue weighted by Crippen LogP contribution is 2.16. The van der Waals surface area contributed by atoms with Crippen LogP contribution in [-0.2, 0) is 10.1 Å². The van der Waals surface area contributed by atoms with E-state index in [4.69, 9.17) is 9.66 Å². The summed E-state index contributed by atoms with van der Waals surface area (Å²) in [5, 5.41) is 12.3. The second-order valence-electron chi connectivity index (χ2n) is 3.91. The predicted octanol–water partition coefficient (Wildman–Crippen LogP) is 1.32. The number of phenols is 1. The van der Waals surface area contributed by atoms with Gasteiger partial charge in [0.15, 0.2) is 0 Å². The number of phenolic OH excluding ortho intramolecular Hbond substituents is 1. The number of benzene rings is 1. The van der Waals surface area contributed by atoms with E-state index in [0.717, 1.165) is 5.56 Å². The Morgan fingerprint density at radius 1 is 1.29 bits per heavy atom. The van der Waals surface area contributed by atoms with Crippen LogP contribution in [0, 0.1) is 0 Å². The van der Waals surface area contributed by atoms with Crippen LogP contribution >= 0.6 is 0 Å². The normalized spacial score (nSPS) is 13.5. The van der Waals surface area contributed by atoms with Crippen LogP contribution in [0.4, 0.5) is 0 Å². The van der Waals surface area contributed by atoms with E-state index in [2.05, 4.69) is 5.32 Å². The standard InChI is InChI=1S/C11H17NO4S/c1-9(10-3-5-11(13)6-4-10)12-7-2-8-17(14,15)16/h3-6,9,12-13H,2,7-8H2,1H3,(H,14,15,16)/t9-/m1/s1. The van der Waals surface area contributed by atoms with Crippen molar-refractivity contribution in [2.24, 2.45) is 0 Å². The molecule has 1 rings (SSSR count). The Morgan fingerprint density at radius 3 is 2.41 bits per heavy atom. The van der Waals surface area contributed by atoms with Crippen molar-refractivity contribution in [2.45, 2.75) is 19.4 Å². The van der Waals surface area contributed by atoms with Gasteiger partial charge in [-0.15, -0.1) is 0 Å². The first-order valence-corrected chi connectivity index (χ1v) is 6.97. The van der Waals surface area contributed by atoms with E-state index >= 15 is 0 Å². The minimum atomic E-state index is -3.87. The first-order chi connectivity index (χ1) is 7.88. The van der Waals surface area contributed by atoms with Crippen molar-refractivity contribution >= 4 is 10.1 Å². The highest BCUT2D eigenvalue weighted by molar-refractivity contribution is 7.85. The summed E-state index contributed by atoms with van der Waals surface area (Å²) in [5.74, 6) is -0.0187. The van der Waals surface area contributed by atoms with Crippen molar-refractivity contribution in [1.82, 2.24) is 5.32 Å². The van der Waals surface area contributed by atoms with Gasteiger partial charge in [0.25, 0.3) is 10.1 Å². The molecule has 5 nitrogen and oxygen atoms in total. The molecule has 0 amide bonds. The first kappa shape index (κ1) is 14.0. The molecule has 0 radical (unpaired) electrons. The van der Waals surface area contributed by atoms with Crippen molar-refractivity contribution in [3.05, 3.63) is 29.8 Å². The fourth-order valence-corrected chi connectivity index (χ4v) is 1.96. The molecule has 0 aliphatic heterocycles. The van der Waals surface area contributed by atoms with Gasteiger partial charge in [-0.25, -0.2) is 0 Å². The summed E-state index contributed by atoms with van der Waals surface area (Å²) in [6, 6.07) is 6.88. The molecule has 0 saturated carbocycles. The van der Waals surface area contributed by atoms with Gasteiger partial charge in [0, 0.05) is 6.04 Å². The second-order valence-corrected chi connectivity index (χ2v) is 5.48. The minimum absolute atomic E-state index is 0.0667. The molecule has 96 valence electrons. The molecule has 1 aromatic carbocycles. The molecule has 3 N–H and O–H groups in total. The topological polar surface area (TPSA) is 86.6 Å². The first-order valence-electron chi connectivity index (χ1n) is 5.36. The molecule has 0 aromatic heterocycles. The van der Waals surface area contributed by atoms with E-state index < -0.39 is 10.1 Å². The lowest BCUT2D eigenvalue weighted by Crippen LogP contribution is -2.21. The molecule has 0 aliphatic rings. The molecule has 0 bridgehead atoms. The SMILES string of the molecule is C[C@@H](NCCCS(=O)(=O)O)c1ccc(O)cc1. The van der Waals surface area contributed by atoms with Gasteiger partial charge >= 0.3 is 0 Å². The smallest absolute Gasteiger partial charge is 0.264 e. The van der Waals surface area contributed by atoms with Crippen molar-refractivity contribution in [1.29, 1.82) is 0 Å². The van der Waals surface area contributed by atoms with Gasteiger partial charge in [0.1, 0.15) is 5.75 Å². The summed E-state index contributed by atoms with van der Waals surface area (Å²) in [6.07, 6.45) is 0.362. The van der Waals surface area contributed by atoms with Crippen molar-refractivity contribution in [3.8, 4) is 5.75 Å². The number of aromatic hydroxyl groups is 1. The van der Waals surface area contributed by atoms with E-state index in [1.165, 1.54) is 0 Å². The predicted molar refractivity (Wildman–Crippen MR) is 65.6 cm³/mol.